The maximum atomic E-state index is 12.7. The number of pyridine rings is 1. The van der Waals surface area contributed by atoms with Gasteiger partial charge in [0, 0.05) is 25.0 Å². The molecule has 0 saturated carbocycles. The summed E-state index contributed by atoms with van der Waals surface area (Å²) in [6.45, 7) is 10.8. The highest BCUT2D eigenvalue weighted by atomic mass is 16.1. The minimum absolute atomic E-state index is 0.0308. The van der Waals surface area contributed by atoms with Gasteiger partial charge in [0.05, 0.1) is 5.56 Å². The van der Waals surface area contributed by atoms with Crippen molar-refractivity contribution in [2.45, 2.75) is 46.0 Å². The Hall–Kier alpha value is -2.36. The number of aromatic nitrogens is 1. The molecule has 1 aliphatic rings. The van der Waals surface area contributed by atoms with E-state index in [4.69, 9.17) is 0 Å². The lowest BCUT2D eigenvalue weighted by Gasteiger charge is -2.31. The third kappa shape index (κ3) is 4.24. The molecular formula is C22H29N3O. The van der Waals surface area contributed by atoms with Crippen molar-refractivity contribution >= 4 is 17.4 Å². The summed E-state index contributed by atoms with van der Waals surface area (Å²) in [5.41, 5.74) is 2.54. The fourth-order valence-electron chi connectivity index (χ4n) is 3.55. The van der Waals surface area contributed by atoms with Crippen molar-refractivity contribution in [2.24, 2.45) is 5.92 Å². The number of hydrogen-bond donors (Lipinski definition) is 1. The van der Waals surface area contributed by atoms with E-state index in [1.54, 1.807) is 6.20 Å². The van der Waals surface area contributed by atoms with Crippen LogP contribution < -0.4 is 10.2 Å². The summed E-state index contributed by atoms with van der Waals surface area (Å²) in [5, 5.41) is 3.05. The molecule has 1 atom stereocenters. The molecule has 138 valence electrons. The lowest BCUT2D eigenvalue weighted by molar-refractivity contribution is 0.102. The SMILES string of the molecule is CC1CCCN(c2ccc(C(=O)Nc3ccccc3C(C)(C)C)cn2)C1. The Morgan fingerprint density at radius 3 is 2.62 bits per heavy atom. The smallest absolute Gasteiger partial charge is 0.257 e. The Kier molecular flexibility index (Phi) is 5.30. The van der Waals surface area contributed by atoms with Crippen LogP contribution in [-0.4, -0.2) is 24.0 Å². The molecule has 1 aromatic heterocycles. The third-order valence-electron chi connectivity index (χ3n) is 4.97. The Balaban J connectivity index is 1.73. The number of nitrogens with one attached hydrogen (secondary N) is 1. The standard InChI is InChI=1S/C22H29N3O/c1-16-8-7-13-25(15-16)20-12-11-17(14-23-20)21(26)24-19-10-6-5-9-18(19)22(2,3)4/h5-6,9-12,14,16H,7-8,13,15H2,1-4H3,(H,24,26). The zero-order chi connectivity index (χ0) is 18.7. The molecule has 0 spiro atoms. The van der Waals surface area contributed by atoms with Gasteiger partial charge in [-0.3, -0.25) is 4.79 Å². The zero-order valence-electron chi connectivity index (χ0n) is 16.2. The normalized spacial score (nSPS) is 17.8. The average Bonchev–Trinajstić information content (AvgIpc) is 2.61. The summed E-state index contributed by atoms with van der Waals surface area (Å²) in [5.74, 6) is 1.54. The lowest BCUT2D eigenvalue weighted by Crippen LogP contribution is -2.34. The van der Waals surface area contributed by atoms with E-state index in [0.29, 0.717) is 11.5 Å². The summed E-state index contributed by atoms with van der Waals surface area (Å²) in [4.78, 5) is 19.5. The molecule has 2 aromatic rings. The highest BCUT2D eigenvalue weighted by Gasteiger charge is 2.20. The van der Waals surface area contributed by atoms with Crippen LogP contribution in [0.4, 0.5) is 11.5 Å². The molecule has 1 fully saturated rings. The molecule has 0 bridgehead atoms. The minimum atomic E-state index is -0.118. The average molecular weight is 351 g/mol. The number of piperidine rings is 1. The fourth-order valence-corrected chi connectivity index (χ4v) is 3.55. The molecule has 2 heterocycles. The maximum Gasteiger partial charge on any atom is 0.257 e. The number of carbonyl (C=O) groups is 1. The van der Waals surface area contributed by atoms with E-state index >= 15 is 0 Å². The van der Waals surface area contributed by atoms with Gasteiger partial charge in [0.25, 0.3) is 5.91 Å². The van der Waals surface area contributed by atoms with E-state index in [2.05, 4.69) is 49.0 Å². The van der Waals surface area contributed by atoms with Gasteiger partial charge < -0.3 is 10.2 Å². The molecule has 1 aliphatic heterocycles. The molecule has 0 radical (unpaired) electrons. The van der Waals surface area contributed by atoms with Crippen LogP contribution in [0.5, 0.6) is 0 Å². The molecule has 4 nitrogen and oxygen atoms in total. The molecule has 26 heavy (non-hydrogen) atoms. The summed E-state index contributed by atoms with van der Waals surface area (Å²) in [6.07, 6.45) is 4.17. The Morgan fingerprint density at radius 2 is 1.96 bits per heavy atom. The van der Waals surface area contributed by atoms with Crippen LogP contribution in [-0.2, 0) is 5.41 Å². The predicted molar refractivity (Wildman–Crippen MR) is 108 cm³/mol. The van der Waals surface area contributed by atoms with Crippen LogP contribution in [0.1, 0.15) is 56.5 Å². The summed E-state index contributed by atoms with van der Waals surface area (Å²) >= 11 is 0. The van der Waals surface area contributed by atoms with E-state index in [9.17, 15) is 4.79 Å². The summed E-state index contributed by atoms with van der Waals surface area (Å²) in [6, 6.07) is 11.8. The third-order valence-corrected chi connectivity index (χ3v) is 4.97. The van der Waals surface area contributed by atoms with Gasteiger partial charge in [0.1, 0.15) is 5.82 Å². The van der Waals surface area contributed by atoms with E-state index in [1.807, 2.05) is 30.3 Å². The number of amides is 1. The first kappa shape index (κ1) is 18.4. The zero-order valence-corrected chi connectivity index (χ0v) is 16.2. The van der Waals surface area contributed by atoms with Gasteiger partial charge in [-0.05, 0) is 47.9 Å². The number of carbonyl (C=O) groups excluding carboxylic acids is 1. The van der Waals surface area contributed by atoms with Crippen molar-refractivity contribution < 1.29 is 4.79 Å². The topological polar surface area (TPSA) is 45.2 Å². The van der Waals surface area contributed by atoms with E-state index in [-0.39, 0.29) is 11.3 Å². The summed E-state index contributed by atoms with van der Waals surface area (Å²) < 4.78 is 0. The first-order valence-electron chi connectivity index (χ1n) is 9.46. The van der Waals surface area contributed by atoms with Crippen LogP contribution >= 0.6 is 0 Å². The van der Waals surface area contributed by atoms with Gasteiger partial charge in [-0.25, -0.2) is 4.98 Å². The molecule has 1 saturated heterocycles. The van der Waals surface area contributed by atoms with Gasteiger partial charge in [0.2, 0.25) is 0 Å². The van der Waals surface area contributed by atoms with Crippen LogP contribution in [0.2, 0.25) is 0 Å². The number of anilines is 2. The van der Waals surface area contributed by atoms with Crippen molar-refractivity contribution in [1.82, 2.24) is 4.98 Å². The predicted octanol–water partition coefficient (Wildman–Crippen LogP) is 4.87. The van der Waals surface area contributed by atoms with E-state index < -0.39 is 0 Å². The molecule has 1 unspecified atom stereocenters. The molecular weight excluding hydrogens is 322 g/mol. The van der Waals surface area contributed by atoms with Crippen LogP contribution in [0.15, 0.2) is 42.6 Å². The van der Waals surface area contributed by atoms with Gasteiger partial charge >= 0.3 is 0 Å². The molecule has 1 amide bonds. The van der Waals surface area contributed by atoms with Crippen molar-refractivity contribution in [3.05, 3.63) is 53.7 Å². The van der Waals surface area contributed by atoms with Gasteiger partial charge in [-0.15, -0.1) is 0 Å². The second kappa shape index (κ2) is 7.48. The number of benzene rings is 1. The first-order chi connectivity index (χ1) is 12.3. The second-order valence-electron chi connectivity index (χ2n) is 8.35. The van der Waals surface area contributed by atoms with Gasteiger partial charge in [0.15, 0.2) is 0 Å². The number of hydrogen-bond acceptors (Lipinski definition) is 3. The van der Waals surface area contributed by atoms with Crippen molar-refractivity contribution in [3.8, 4) is 0 Å². The quantitative estimate of drug-likeness (QED) is 0.858. The monoisotopic (exact) mass is 351 g/mol. The Labute approximate surface area is 156 Å². The summed E-state index contributed by atoms with van der Waals surface area (Å²) in [7, 11) is 0. The molecule has 1 aromatic carbocycles. The number of nitrogens with zero attached hydrogens (tertiary/aromatic N) is 2. The first-order valence-corrected chi connectivity index (χ1v) is 9.46. The highest BCUT2D eigenvalue weighted by molar-refractivity contribution is 6.04. The second-order valence-corrected chi connectivity index (χ2v) is 8.35. The molecule has 4 heteroatoms. The fraction of sp³-hybridized carbons (Fsp3) is 0.455. The van der Waals surface area contributed by atoms with Crippen LogP contribution in [0, 0.1) is 5.92 Å². The van der Waals surface area contributed by atoms with Gasteiger partial charge in [-0.2, -0.15) is 0 Å². The van der Waals surface area contributed by atoms with Crippen LogP contribution in [0.25, 0.3) is 0 Å². The Bertz CT molecular complexity index is 762. The molecule has 1 N–H and O–H groups in total. The van der Waals surface area contributed by atoms with Crippen LogP contribution in [0.3, 0.4) is 0 Å². The maximum absolute atomic E-state index is 12.7. The van der Waals surface area contributed by atoms with Crippen molar-refractivity contribution in [2.75, 3.05) is 23.3 Å². The highest BCUT2D eigenvalue weighted by Crippen LogP contribution is 2.29. The largest absolute Gasteiger partial charge is 0.356 e. The van der Waals surface area contributed by atoms with E-state index in [0.717, 1.165) is 30.2 Å². The number of rotatable bonds is 3. The molecule has 0 aliphatic carbocycles. The molecule has 3 rings (SSSR count). The van der Waals surface area contributed by atoms with E-state index in [1.165, 1.54) is 12.8 Å². The van der Waals surface area contributed by atoms with Crippen molar-refractivity contribution in [1.29, 1.82) is 0 Å². The lowest BCUT2D eigenvalue weighted by atomic mass is 9.86. The van der Waals surface area contributed by atoms with Crippen molar-refractivity contribution in [3.63, 3.8) is 0 Å². The van der Waals surface area contributed by atoms with Gasteiger partial charge in [-0.1, -0.05) is 45.9 Å². The minimum Gasteiger partial charge on any atom is -0.356 e. The Morgan fingerprint density at radius 1 is 1.19 bits per heavy atom. The number of para-hydroxylation sites is 1.